The molecule has 0 amide bonds. The highest BCUT2D eigenvalue weighted by atomic mass is 35.5. The molecule has 128 valence electrons. The van der Waals surface area contributed by atoms with Crippen LogP contribution in [0.15, 0.2) is 18.3 Å². The molecular formula is C13H8ClF4N3O3. The number of ether oxygens (including phenoxy) is 1. The zero-order valence-corrected chi connectivity index (χ0v) is 12.5. The van der Waals surface area contributed by atoms with Crippen LogP contribution in [0.1, 0.15) is 15.9 Å². The Bertz CT molecular complexity index is 799. The van der Waals surface area contributed by atoms with E-state index in [-0.39, 0.29) is 17.4 Å². The number of aromatic nitrogens is 2. The Morgan fingerprint density at radius 2 is 2.04 bits per heavy atom. The van der Waals surface area contributed by atoms with Crippen molar-refractivity contribution in [3.05, 3.63) is 40.4 Å². The molecule has 0 bridgehead atoms. The maximum absolute atomic E-state index is 13.7. The molecule has 0 aliphatic rings. The van der Waals surface area contributed by atoms with Crippen LogP contribution in [-0.2, 0) is 6.18 Å². The van der Waals surface area contributed by atoms with E-state index in [1.54, 1.807) is 0 Å². The van der Waals surface area contributed by atoms with E-state index in [4.69, 9.17) is 21.4 Å². The van der Waals surface area contributed by atoms with Gasteiger partial charge in [-0.05, 0) is 6.07 Å². The van der Waals surface area contributed by atoms with Crippen molar-refractivity contribution in [3.63, 3.8) is 0 Å². The summed E-state index contributed by atoms with van der Waals surface area (Å²) in [7, 11) is 1.20. The van der Waals surface area contributed by atoms with E-state index < -0.39 is 34.2 Å². The summed E-state index contributed by atoms with van der Waals surface area (Å²) in [4.78, 5) is 17.7. The third kappa shape index (κ3) is 3.65. The summed E-state index contributed by atoms with van der Waals surface area (Å²) >= 11 is 5.46. The van der Waals surface area contributed by atoms with E-state index in [2.05, 4.69) is 15.3 Å². The minimum absolute atomic E-state index is 0.0755. The molecule has 0 radical (unpaired) electrons. The van der Waals surface area contributed by atoms with Crippen LogP contribution in [-0.4, -0.2) is 28.2 Å². The summed E-state index contributed by atoms with van der Waals surface area (Å²) in [6.07, 6.45) is -4.26. The molecule has 0 saturated heterocycles. The van der Waals surface area contributed by atoms with Crippen molar-refractivity contribution in [2.24, 2.45) is 0 Å². The first-order valence-corrected chi connectivity index (χ1v) is 6.49. The number of carboxylic acids is 1. The maximum atomic E-state index is 13.7. The summed E-state index contributed by atoms with van der Waals surface area (Å²) in [5.41, 5.74) is -1.95. The largest absolute Gasteiger partial charge is 0.495 e. The van der Waals surface area contributed by atoms with Gasteiger partial charge in [0.25, 0.3) is 0 Å². The third-order valence-electron chi connectivity index (χ3n) is 2.81. The topological polar surface area (TPSA) is 84.3 Å². The summed E-state index contributed by atoms with van der Waals surface area (Å²) in [5.74, 6) is -3.02. The van der Waals surface area contributed by atoms with Crippen molar-refractivity contribution < 1.29 is 32.2 Å². The monoisotopic (exact) mass is 365 g/mol. The van der Waals surface area contributed by atoms with Gasteiger partial charge in [-0.1, -0.05) is 11.6 Å². The summed E-state index contributed by atoms with van der Waals surface area (Å²) in [5, 5.41) is 10.4. The number of hydrogen-bond acceptors (Lipinski definition) is 5. The molecule has 0 aliphatic carbocycles. The molecule has 11 heteroatoms. The van der Waals surface area contributed by atoms with E-state index in [9.17, 15) is 22.4 Å². The van der Waals surface area contributed by atoms with Crippen LogP contribution in [0.5, 0.6) is 5.75 Å². The van der Waals surface area contributed by atoms with E-state index >= 15 is 0 Å². The second-order valence-electron chi connectivity index (χ2n) is 4.36. The number of carbonyl (C=O) groups is 1. The van der Waals surface area contributed by atoms with Crippen molar-refractivity contribution >= 4 is 29.2 Å². The SMILES string of the molecule is COc1cc(C(=O)O)c(F)cc1Nc1ncc(C(F)(F)F)c(Cl)n1. The standard InChI is InChI=1S/C13H8ClF4N3O3/c1-24-9-2-5(11(22)23)7(15)3-8(9)20-12-19-4-6(10(14)21-12)13(16,17)18/h2-4H,1H3,(H,22,23)(H,19,20,21). The number of benzene rings is 1. The fraction of sp³-hybridized carbons (Fsp3) is 0.154. The molecule has 2 rings (SSSR count). The zero-order valence-electron chi connectivity index (χ0n) is 11.8. The number of aromatic carboxylic acids is 1. The van der Waals surface area contributed by atoms with E-state index in [1.807, 2.05) is 0 Å². The minimum Gasteiger partial charge on any atom is -0.495 e. The van der Waals surface area contributed by atoms with Crippen molar-refractivity contribution in [2.45, 2.75) is 6.18 Å². The van der Waals surface area contributed by atoms with Gasteiger partial charge in [-0.2, -0.15) is 13.2 Å². The summed E-state index contributed by atoms with van der Waals surface area (Å²) in [6.45, 7) is 0. The Morgan fingerprint density at radius 3 is 2.54 bits per heavy atom. The van der Waals surface area contributed by atoms with Crippen LogP contribution < -0.4 is 10.1 Å². The van der Waals surface area contributed by atoms with Crippen molar-refractivity contribution in [3.8, 4) is 5.75 Å². The molecule has 0 atom stereocenters. The molecule has 1 aromatic carbocycles. The Balaban J connectivity index is 2.39. The smallest absolute Gasteiger partial charge is 0.420 e. The normalized spacial score (nSPS) is 11.2. The lowest BCUT2D eigenvalue weighted by Crippen LogP contribution is -2.10. The number of alkyl halides is 3. The number of rotatable bonds is 4. The van der Waals surface area contributed by atoms with Crippen molar-refractivity contribution in [2.75, 3.05) is 12.4 Å². The Hall–Kier alpha value is -2.62. The molecule has 0 spiro atoms. The van der Waals surface area contributed by atoms with Crippen LogP contribution >= 0.6 is 11.6 Å². The first-order chi connectivity index (χ1) is 11.1. The van der Waals surface area contributed by atoms with E-state index in [1.165, 1.54) is 7.11 Å². The molecule has 0 fully saturated rings. The van der Waals surface area contributed by atoms with Crippen molar-refractivity contribution in [1.82, 2.24) is 9.97 Å². The van der Waals surface area contributed by atoms with E-state index in [0.717, 1.165) is 12.1 Å². The Labute approximate surface area is 137 Å². The van der Waals surface area contributed by atoms with Gasteiger partial charge in [0.2, 0.25) is 5.95 Å². The van der Waals surface area contributed by atoms with Gasteiger partial charge >= 0.3 is 12.1 Å². The van der Waals surface area contributed by atoms with Crippen LogP contribution in [0.2, 0.25) is 5.15 Å². The summed E-state index contributed by atoms with van der Waals surface area (Å²) < 4.78 is 56.4. The van der Waals surface area contributed by atoms with Crippen LogP contribution in [0.25, 0.3) is 0 Å². The van der Waals surface area contributed by atoms with Gasteiger partial charge < -0.3 is 15.2 Å². The zero-order chi connectivity index (χ0) is 18.1. The van der Waals surface area contributed by atoms with Gasteiger partial charge in [-0.25, -0.2) is 19.2 Å². The van der Waals surface area contributed by atoms with Gasteiger partial charge in [0.05, 0.1) is 18.4 Å². The average Bonchev–Trinajstić information content (AvgIpc) is 2.45. The number of nitrogens with zero attached hydrogens (tertiary/aromatic N) is 2. The predicted octanol–water partition coefficient (Wildman–Crippen LogP) is 3.74. The molecule has 0 aliphatic heterocycles. The van der Waals surface area contributed by atoms with Crippen LogP contribution in [0, 0.1) is 5.82 Å². The minimum atomic E-state index is -4.72. The van der Waals surface area contributed by atoms with Crippen LogP contribution in [0.3, 0.4) is 0 Å². The molecule has 0 unspecified atom stereocenters. The third-order valence-corrected chi connectivity index (χ3v) is 3.10. The highest BCUT2D eigenvalue weighted by molar-refractivity contribution is 6.30. The first kappa shape index (κ1) is 17.7. The summed E-state index contributed by atoms with van der Waals surface area (Å²) in [6, 6.07) is 1.70. The quantitative estimate of drug-likeness (QED) is 0.634. The predicted molar refractivity (Wildman–Crippen MR) is 75.2 cm³/mol. The van der Waals surface area contributed by atoms with Crippen molar-refractivity contribution in [1.29, 1.82) is 0 Å². The lowest BCUT2D eigenvalue weighted by molar-refractivity contribution is -0.137. The molecule has 2 aromatic rings. The Kier molecular flexibility index (Phi) is 4.78. The molecule has 0 saturated carbocycles. The van der Waals surface area contributed by atoms with Gasteiger partial charge in [0, 0.05) is 12.3 Å². The Morgan fingerprint density at radius 1 is 1.38 bits per heavy atom. The lowest BCUT2D eigenvalue weighted by atomic mass is 10.1. The fourth-order valence-electron chi connectivity index (χ4n) is 1.72. The molecule has 2 N–H and O–H groups in total. The number of carboxylic acid groups (broad SMARTS) is 1. The molecule has 24 heavy (non-hydrogen) atoms. The molecular weight excluding hydrogens is 358 g/mol. The fourth-order valence-corrected chi connectivity index (χ4v) is 1.95. The van der Waals surface area contributed by atoms with Gasteiger partial charge in [0.15, 0.2) is 0 Å². The first-order valence-electron chi connectivity index (χ1n) is 6.11. The van der Waals surface area contributed by atoms with Gasteiger partial charge in [-0.15, -0.1) is 0 Å². The van der Waals surface area contributed by atoms with Gasteiger partial charge in [0.1, 0.15) is 22.3 Å². The highest BCUT2D eigenvalue weighted by Gasteiger charge is 2.34. The number of anilines is 2. The molecule has 1 aromatic heterocycles. The van der Waals surface area contributed by atoms with E-state index in [0.29, 0.717) is 6.20 Å². The number of methoxy groups -OCH3 is 1. The second-order valence-corrected chi connectivity index (χ2v) is 4.72. The highest BCUT2D eigenvalue weighted by Crippen LogP contribution is 2.34. The van der Waals surface area contributed by atoms with Gasteiger partial charge in [-0.3, -0.25) is 0 Å². The molecule has 6 nitrogen and oxygen atoms in total. The maximum Gasteiger partial charge on any atom is 0.420 e. The molecule has 1 heterocycles. The number of nitrogens with one attached hydrogen (secondary N) is 1. The van der Waals surface area contributed by atoms with Crippen LogP contribution in [0.4, 0.5) is 29.2 Å². The average molecular weight is 366 g/mol. The number of halogens is 5. The second kappa shape index (κ2) is 6.48. The number of hydrogen-bond donors (Lipinski definition) is 2. The lowest BCUT2D eigenvalue weighted by Gasteiger charge is -2.13.